The summed E-state index contributed by atoms with van der Waals surface area (Å²) in [4.78, 5) is 0. The molecule has 5 nitrogen and oxygen atoms in total. The van der Waals surface area contributed by atoms with Crippen LogP contribution in [-0.2, 0) is 17.9 Å². The van der Waals surface area contributed by atoms with E-state index in [1.807, 2.05) is 4.57 Å². The zero-order chi connectivity index (χ0) is 10.7. The first-order chi connectivity index (χ1) is 7.36. The Morgan fingerprint density at radius 1 is 1.53 bits per heavy atom. The highest BCUT2D eigenvalue weighted by Crippen LogP contribution is 2.24. The molecule has 15 heavy (non-hydrogen) atoms. The minimum absolute atomic E-state index is 0.0411. The van der Waals surface area contributed by atoms with Gasteiger partial charge in [0.05, 0.1) is 6.61 Å². The molecular weight excluding hydrogens is 194 g/mol. The maximum absolute atomic E-state index is 9.15. The number of rotatable bonds is 4. The summed E-state index contributed by atoms with van der Waals surface area (Å²) in [6.45, 7) is 4.47. The molecule has 0 amide bonds. The summed E-state index contributed by atoms with van der Waals surface area (Å²) in [5.41, 5.74) is 0. The normalized spacial score (nSPS) is 21.1. The lowest BCUT2D eigenvalue weighted by atomic mass is 10.1. The van der Waals surface area contributed by atoms with E-state index in [0.717, 1.165) is 38.4 Å². The molecule has 0 spiro atoms. The van der Waals surface area contributed by atoms with Gasteiger partial charge in [0.15, 0.2) is 5.82 Å². The molecule has 0 aromatic carbocycles. The first-order valence-electron chi connectivity index (χ1n) is 5.47. The molecule has 2 rings (SSSR count). The average Bonchev–Trinajstić information content (AvgIpc) is 2.85. The molecule has 1 atom stereocenters. The fourth-order valence-electron chi connectivity index (χ4n) is 1.97. The lowest BCUT2D eigenvalue weighted by Crippen LogP contribution is -2.11. The zero-order valence-electron chi connectivity index (χ0n) is 9.02. The molecule has 1 aliphatic rings. The second kappa shape index (κ2) is 4.72. The summed E-state index contributed by atoms with van der Waals surface area (Å²) in [5.74, 6) is 1.99. The molecule has 1 fully saturated rings. The molecule has 0 saturated carbocycles. The number of hydrogen-bond donors (Lipinski definition) is 1. The number of ether oxygens (including phenoxy) is 1. The first-order valence-corrected chi connectivity index (χ1v) is 5.47. The van der Waals surface area contributed by atoms with Gasteiger partial charge in [-0.05, 0) is 12.8 Å². The Morgan fingerprint density at radius 2 is 2.40 bits per heavy atom. The molecule has 2 heterocycles. The Labute approximate surface area is 89.1 Å². The van der Waals surface area contributed by atoms with Crippen molar-refractivity contribution in [2.24, 2.45) is 0 Å². The van der Waals surface area contributed by atoms with Crippen LogP contribution in [-0.4, -0.2) is 33.1 Å². The van der Waals surface area contributed by atoms with E-state index in [1.165, 1.54) is 0 Å². The average molecular weight is 211 g/mol. The summed E-state index contributed by atoms with van der Waals surface area (Å²) >= 11 is 0. The van der Waals surface area contributed by atoms with Gasteiger partial charge in [0.1, 0.15) is 12.4 Å². The van der Waals surface area contributed by atoms with Gasteiger partial charge in [0, 0.05) is 19.1 Å². The summed E-state index contributed by atoms with van der Waals surface area (Å²) < 4.78 is 7.37. The SMILES string of the molecule is CCCn1c(CO)nnc1C1CCOC1. The van der Waals surface area contributed by atoms with Crippen molar-refractivity contribution < 1.29 is 9.84 Å². The highest BCUT2D eigenvalue weighted by molar-refractivity contribution is 5.03. The molecule has 1 N–H and O–H groups in total. The van der Waals surface area contributed by atoms with E-state index in [4.69, 9.17) is 9.84 Å². The Kier molecular flexibility index (Phi) is 3.33. The maximum Gasteiger partial charge on any atom is 0.158 e. The van der Waals surface area contributed by atoms with Crippen molar-refractivity contribution in [3.8, 4) is 0 Å². The van der Waals surface area contributed by atoms with E-state index in [-0.39, 0.29) is 6.61 Å². The largest absolute Gasteiger partial charge is 0.388 e. The monoisotopic (exact) mass is 211 g/mol. The molecule has 1 aromatic rings. The molecule has 0 radical (unpaired) electrons. The predicted octanol–water partition coefficient (Wildman–Crippen LogP) is 0.684. The summed E-state index contributed by atoms with van der Waals surface area (Å²) in [7, 11) is 0. The Bertz CT molecular complexity index is 318. The van der Waals surface area contributed by atoms with Crippen LogP contribution in [0.2, 0.25) is 0 Å². The van der Waals surface area contributed by atoms with E-state index >= 15 is 0 Å². The molecule has 1 aromatic heterocycles. The van der Waals surface area contributed by atoms with Gasteiger partial charge in [-0.3, -0.25) is 0 Å². The molecule has 1 unspecified atom stereocenters. The number of aliphatic hydroxyl groups excluding tert-OH is 1. The molecule has 0 aliphatic carbocycles. The smallest absolute Gasteiger partial charge is 0.158 e. The molecule has 1 aliphatic heterocycles. The first kappa shape index (κ1) is 10.6. The van der Waals surface area contributed by atoms with Gasteiger partial charge < -0.3 is 14.4 Å². The van der Waals surface area contributed by atoms with Crippen LogP contribution in [0.3, 0.4) is 0 Å². The van der Waals surface area contributed by atoms with Crippen molar-refractivity contribution in [3.05, 3.63) is 11.6 Å². The molecular formula is C10H17N3O2. The van der Waals surface area contributed by atoms with Crippen LogP contribution in [0, 0.1) is 0 Å². The van der Waals surface area contributed by atoms with Crippen LogP contribution >= 0.6 is 0 Å². The third-order valence-electron chi connectivity index (χ3n) is 2.74. The third kappa shape index (κ3) is 2.03. The van der Waals surface area contributed by atoms with Gasteiger partial charge in [0.25, 0.3) is 0 Å². The van der Waals surface area contributed by atoms with Crippen molar-refractivity contribution in [1.29, 1.82) is 0 Å². The minimum Gasteiger partial charge on any atom is -0.388 e. The quantitative estimate of drug-likeness (QED) is 0.795. The van der Waals surface area contributed by atoms with Crippen LogP contribution in [0.25, 0.3) is 0 Å². The molecule has 1 saturated heterocycles. The minimum atomic E-state index is -0.0411. The lowest BCUT2D eigenvalue weighted by molar-refractivity contribution is 0.192. The highest BCUT2D eigenvalue weighted by Gasteiger charge is 2.24. The summed E-state index contributed by atoms with van der Waals surface area (Å²) in [6.07, 6.45) is 2.03. The van der Waals surface area contributed by atoms with Gasteiger partial charge in [-0.25, -0.2) is 0 Å². The topological polar surface area (TPSA) is 60.2 Å². The van der Waals surface area contributed by atoms with Crippen LogP contribution < -0.4 is 0 Å². The van der Waals surface area contributed by atoms with E-state index in [0.29, 0.717) is 11.7 Å². The number of nitrogens with zero attached hydrogens (tertiary/aromatic N) is 3. The number of aliphatic hydroxyl groups is 1. The summed E-state index contributed by atoms with van der Waals surface area (Å²) in [5, 5.41) is 17.3. The maximum atomic E-state index is 9.15. The van der Waals surface area contributed by atoms with E-state index in [2.05, 4.69) is 17.1 Å². The van der Waals surface area contributed by atoms with Crippen molar-refractivity contribution in [2.75, 3.05) is 13.2 Å². The fourth-order valence-corrected chi connectivity index (χ4v) is 1.97. The molecule has 84 valence electrons. The van der Waals surface area contributed by atoms with Crippen molar-refractivity contribution in [3.63, 3.8) is 0 Å². The van der Waals surface area contributed by atoms with Gasteiger partial charge in [-0.2, -0.15) is 0 Å². The highest BCUT2D eigenvalue weighted by atomic mass is 16.5. The van der Waals surface area contributed by atoms with Crippen molar-refractivity contribution in [2.45, 2.75) is 38.8 Å². The Hall–Kier alpha value is -0.940. The zero-order valence-corrected chi connectivity index (χ0v) is 9.02. The predicted molar refractivity (Wildman–Crippen MR) is 54.4 cm³/mol. The van der Waals surface area contributed by atoms with Crippen LogP contribution in [0.4, 0.5) is 0 Å². The van der Waals surface area contributed by atoms with E-state index in [1.54, 1.807) is 0 Å². The standard InChI is InChI=1S/C10H17N3O2/c1-2-4-13-9(6-14)11-12-10(13)8-3-5-15-7-8/h8,14H,2-7H2,1H3. The second-order valence-corrected chi connectivity index (χ2v) is 3.84. The van der Waals surface area contributed by atoms with Crippen molar-refractivity contribution >= 4 is 0 Å². The summed E-state index contributed by atoms with van der Waals surface area (Å²) in [6, 6.07) is 0. The van der Waals surface area contributed by atoms with Crippen LogP contribution in [0.1, 0.15) is 37.3 Å². The van der Waals surface area contributed by atoms with Gasteiger partial charge in [0.2, 0.25) is 0 Å². The van der Waals surface area contributed by atoms with Crippen molar-refractivity contribution in [1.82, 2.24) is 14.8 Å². The number of aromatic nitrogens is 3. The third-order valence-corrected chi connectivity index (χ3v) is 2.74. The van der Waals surface area contributed by atoms with Gasteiger partial charge in [-0.1, -0.05) is 6.92 Å². The van der Waals surface area contributed by atoms with Crippen LogP contribution in [0.5, 0.6) is 0 Å². The molecule has 5 heteroatoms. The van der Waals surface area contributed by atoms with Crippen LogP contribution in [0.15, 0.2) is 0 Å². The fraction of sp³-hybridized carbons (Fsp3) is 0.800. The molecule has 0 bridgehead atoms. The van der Waals surface area contributed by atoms with Gasteiger partial charge in [-0.15, -0.1) is 10.2 Å². The Morgan fingerprint density at radius 3 is 3.00 bits per heavy atom. The van der Waals surface area contributed by atoms with Gasteiger partial charge >= 0.3 is 0 Å². The second-order valence-electron chi connectivity index (χ2n) is 3.84. The van der Waals surface area contributed by atoms with E-state index in [9.17, 15) is 0 Å². The number of hydrogen-bond acceptors (Lipinski definition) is 4. The lowest BCUT2D eigenvalue weighted by Gasteiger charge is -2.11. The van der Waals surface area contributed by atoms with E-state index < -0.39 is 0 Å². The Balaban J connectivity index is 2.24.